The third kappa shape index (κ3) is 4.94. The van der Waals surface area contributed by atoms with Gasteiger partial charge < -0.3 is 9.88 Å². The van der Waals surface area contributed by atoms with Crippen LogP contribution in [0.3, 0.4) is 0 Å². The molecule has 0 bridgehead atoms. The zero-order valence-electron chi connectivity index (χ0n) is 17.2. The fourth-order valence-electron chi connectivity index (χ4n) is 3.22. The Labute approximate surface area is 185 Å². The predicted molar refractivity (Wildman–Crippen MR) is 120 cm³/mol. The molecule has 0 atom stereocenters. The number of rotatable bonds is 7. The molecule has 0 aliphatic carbocycles. The van der Waals surface area contributed by atoms with Crippen LogP contribution in [0.15, 0.2) is 77.7 Å². The number of likely N-dealkylation sites (N-methyl/N-ethyl adjacent to an activating group) is 1. The molecule has 1 heterocycles. The van der Waals surface area contributed by atoms with Crippen LogP contribution in [0.1, 0.15) is 11.4 Å². The zero-order valence-corrected chi connectivity index (χ0v) is 18.1. The number of hydrogen-bond acceptors (Lipinski definition) is 4. The Morgan fingerprint density at radius 1 is 1.03 bits per heavy atom. The number of hydrogen-bond donors (Lipinski definition) is 2. The van der Waals surface area contributed by atoms with Crippen LogP contribution in [0.25, 0.3) is 11.0 Å². The number of H-pyrrole nitrogens is 1. The molecule has 164 valence electrons. The van der Waals surface area contributed by atoms with Gasteiger partial charge in [-0.15, -0.1) is 0 Å². The molecule has 0 fully saturated rings. The van der Waals surface area contributed by atoms with Gasteiger partial charge in [0.25, 0.3) is 10.0 Å². The SMILES string of the molecule is CN(Cc1nc2ccccc2[nH]1)C(=O)Cc1ccc(NS(=O)(=O)c2ccc(F)cc2)cc1. The molecule has 0 saturated heterocycles. The first-order chi connectivity index (χ1) is 15.3. The van der Waals surface area contributed by atoms with E-state index in [1.165, 1.54) is 12.1 Å². The molecule has 9 heteroatoms. The average Bonchev–Trinajstić information content (AvgIpc) is 3.17. The first-order valence-corrected chi connectivity index (χ1v) is 11.3. The van der Waals surface area contributed by atoms with Crippen molar-refractivity contribution in [2.75, 3.05) is 11.8 Å². The van der Waals surface area contributed by atoms with Crippen molar-refractivity contribution in [3.05, 3.63) is 90.0 Å². The van der Waals surface area contributed by atoms with Gasteiger partial charge in [0.05, 0.1) is 28.9 Å². The standard InChI is InChI=1S/C23H21FN4O3S/c1-28(15-22-25-20-4-2-3-5-21(20)26-22)23(29)14-16-6-10-18(11-7-16)27-32(30,31)19-12-8-17(24)9-13-19/h2-13,27H,14-15H2,1H3,(H,25,26). The summed E-state index contributed by atoms with van der Waals surface area (Å²) in [5.74, 6) is 0.0981. The number of carbonyl (C=O) groups excluding carboxylic acids is 1. The van der Waals surface area contributed by atoms with Gasteiger partial charge in [-0.05, 0) is 54.1 Å². The second kappa shape index (κ2) is 8.80. The number of nitrogens with one attached hydrogen (secondary N) is 2. The second-order valence-electron chi connectivity index (χ2n) is 7.38. The average molecular weight is 453 g/mol. The van der Waals surface area contributed by atoms with Gasteiger partial charge in [-0.2, -0.15) is 0 Å². The summed E-state index contributed by atoms with van der Waals surface area (Å²) in [6.07, 6.45) is 0.168. The lowest BCUT2D eigenvalue weighted by Gasteiger charge is -2.16. The maximum absolute atomic E-state index is 13.0. The number of aromatic nitrogens is 2. The number of imidazole rings is 1. The van der Waals surface area contributed by atoms with Crippen molar-refractivity contribution >= 4 is 32.7 Å². The summed E-state index contributed by atoms with van der Waals surface area (Å²) in [5.41, 5.74) is 2.86. The number of carbonyl (C=O) groups is 1. The smallest absolute Gasteiger partial charge is 0.261 e. The molecule has 0 aliphatic heterocycles. The Morgan fingerprint density at radius 2 is 1.72 bits per heavy atom. The van der Waals surface area contributed by atoms with Crippen molar-refractivity contribution in [3.8, 4) is 0 Å². The molecule has 32 heavy (non-hydrogen) atoms. The molecular weight excluding hydrogens is 431 g/mol. The van der Waals surface area contributed by atoms with Crippen LogP contribution in [-0.4, -0.2) is 36.2 Å². The molecule has 4 aromatic rings. The number of benzene rings is 3. The maximum atomic E-state index is 13.0. The summed E-state index contributed by atoms with van der Waals surface area (Å²) in [4.78, 5) is 21.8. The molecule has 0 radical (unpaired) electrons. The van der Waals surface area contributed by atoms with E-state index in [1.54, 1.807) is 36.2 Å². The van der Waals surface area contributed by atoms with E-state index >= 15 is 0 Å². The topological polar surface area (TPSA) is 95.2 Å². The second-order valence-corrected chi connectivity index (χ2v) is 9.07. The third-order valence-electron chi connectivity index (χ3n) is 4.94. The Kier molecular flexibility index (Phi) is 5.91. The lowest BCUT2D eigenvalue weighted by atomic mass is 10.1. The molecule has 1 aromatic heterocycles. The number of aromatic amines is 1. The fourth-order valence-corrected chi connectivity index (χ4v) is 4.28. The highest BCUT2D eigenvalue weighted by Crippen LogP contribution is 2.18. The highest BCUT2D eigenvalue weighted by molar-refractivity contribution is 7.92. The molecule has 0 unspecified atom stereocenters. The van der Waals surface area contributed by atoms with Crippen molar-refractivity contribution < 1.29 is 17.6 Å². The fraction of sp³-hybridized carbons (Fsp3) is 0.130. The van der Waals surface area contributed by atoms with Crippen molar-refractivity contribution in [1.82, 2.24) is 14.9 Å². The van der Waals surface area contributed by atoms with E-state index in [9.17, 15) is 17.6 Å². The van der Waals surface area contributed by atoms with E-state index < -0.39 is 15.8 Å². The first kappa shape index (κ1) is 21.5. The van der Waals surface area contributed by atoms with Gasteiger partial charge in [-0.25, -0.2) is 17.8 Å². The lowest BCUT2D eigenvalue weighted by molar-refractivity contribution is -0.129. The highest BCUT2D eigenvalue weighted by atomic mass is 32.2. The normalized spacial score (nSPS) is 11.4. The summed E-state index contributed by atoms with van der Waals surface area (Å²) in [6.45, 7) is 0.350. The van der Waals surface area contributed by atoms with Crippen LogP contribution in [0.4, 0.5) is 10.1 Å². The molecule has 1 amide bonds. The molecule has 3 aromatic carbocycles. The molecule has 0 aliphatic rings. The van der Waals surface area contributed by atoms with Crippen molar-refractivity contribution in [1.29, 1.82) is 0 Å². The Hall–Kier alpha value is -3.72. The number of para-hydroxylation sites is 2. The van der Waals surface area contributed by atoms with E-state index in [4.69, 9.17) is 0 Å². The van der Waals surface area contributed by atoms with Crippen LogP contribution >= 0.6 is 0 Å². The summed E-state index contributed by atoms with van der Waals surface area (Å²) in [6, 6.07) is 18.8. The van der Waals surface area contributed by atoms with Gasteiger partial charge in [-0.1, -0.05) is 24.3 Å². The van der Waals surface area contributed by atoms with Gasteiger partial charge in [-0.3, -0.25) is 9.52 Å². The van der Waals surface area contributed by atoms with E-state index in [0.29, 0.717) is 18.1 Å². The van der Waals surface area contributed by atoms with E-state index in [0.717, 1.165) is 28.7 Å². The number of amides is 1. The minimum Gasteiger partial charge on any atom is -0.340 e. The van der Waals surface area contributed by atoms with E-state index in [-0.39, 0.29) is 17.2 Å². The van der Waals surface area contributed by atoms with Crippen molar-refractivity contribution in [2.45, 2.75) is 17.9 Å². The number of sulfonamides is 1. The summed E-state index contributed by atoms with van der Waals surface area (Å²) in [7, 11) is -2.12. The first-order valence-electron chi connectivity index (χ1n) is 9.85. The van der Waals surface area contributed by atoms with Gasteiger partial charge in [0, 0.05) is 12.7 Å². The van der Waals surface area contributed by atoms with Crippen LogP contribution < -0.4 is 4.72 Å². The van der Waals surface area contributed by atoms with Crippen LogP contribution in [0, 0.1) is 5.82 Å². The lowest BCUT2D eigenvalue weighted by Crippen LogP contribution is -2.28. The maximum Gasteiger partial charge on any atom is 0.261 e. The van der Waals surface area contributed by atoms with E-state index in [1.807, 2.05) is 24.3 Å². The summed E-state index contributed by atoms with van der Waals surface area (Å²) in [5, 5.41) is 0. The molecule has 7 nitrogen and oxygen atoms in total. The Bertz CT molecular complexity index is 1320. The molecular formula is C23H21FN4O3S. The quantitative estimate of drug-likeness (QED) is 0.447. The van der Waals surface area contributed by atoms with E-state index in [2.05, 4.69) is 14.7 Å². The van der Waals surface area contributed by atoms with Gasteiger partial charge in [0.15, 0.2) is 0 Å². The molecule has 0 spiro atoms. The zero-order chi connectivity index (χ0) is 22.7. The van der Waals surface area contributed by atoms with Crippen molar-refractivity contribution in [3.63, 3.8) is 0 Å². The number of nitrogens with zero attached hydrogens (tertiary/aromatic N) is 2. The summed E-state index contributed by atoms with van der Waals surface area (Å²) < 4.78 is 40.3. The Morgan fingerprint density at radius 3 is 2.41 bits per heavy atom. The largest absolute Gasteiger partial charge is 0.340 e. The monoisotopic (exact) mass is 452 g/mol. The van der Waals surface area contributed by atoms with Gasteiger partial charge in [0.1, 0.15) is 11.6 Å². The van der Waals surface area contributed by atoms with Crippen LogP contribution in [0.2, 0.25) is 0 Å². The number of fused-ring (bicyclic) bond motifs is 1. The Balaban J connectivity index is 1.37. The summed E-state index contributed by atoms with van der Waals surface area (Å²) >= 11 is 0. The molecule has 0 saturated carbocycles. The minimum atomic E-state index is -3.83. The van der Waals surface area contributed by atoms with Gasteiger partial charge >= 0.3 is 0 Å². The van der Waals surface area contributed by atoms with Crippen molar-refractivity contribution in [2.24, 2.45) is 0 Å². The molecule has 2 N–H and O–H groups in total. The number of halogens is 1. The van der Waals surface area contributed by atoms with Crippen LogP contribution in [0.5, 0.6) is 0 Å². The highest BCUT2D eigenvalue weighted by Gasteiger charge is 2.15. The van der Waals surface area contributed by atoms with Gasteiger partial charge in [0.2, 0.25) is 5.91 Å². The van der Waals surface area contributed by atoms with Crippen LogP contribution in [-0.2, 0) is 27.8 Å². The third-order valence-corrected chi connectivity index (χ3v) is 6.33. The molecule has 4 rings (SSSR count). The predicted octanol–water partition coefficient (Wildman–Crippen LogP) is 3.70. The minimum absolute atomic E-state index is 0.0367. The number of anilines is 1.